The average molecular weight is 633 g/mol. The first-order valence-electron chi connectivity index (χ1n) is 12.1. The second-order valence-corrected chi connectivity index (χ2v) is 11.6. The lowest BCUT2D eigenvalue weighted by Crippen LogP contribution is -2.47. The summed E-state index contributed by atoms with van der Waals surface area (Å²) in [6, 6.07) is 15.2. The van der Waals surface area contributed by atoms with E-state index in [1.807, 2.05) is 0 Å². The minimum atomic E-state index is -5.66. The van der Waals surface area contributed by atoms with Gasteiger partial charge in [-0.25, -0.2) is 13.1 Å². The fourth-order valence-electron chi connectivity index (χ4n) is 4.27. The summed E-state index contributed by atoms with van der Waals surface area (Å²) < 4.78 is 65.5. The minimum absolute atomic E-state index is 0.0618. The van der Waals surface area contributed by atoms with Crippen molar-refractivity contribution in [3.63, 3.8) is 0 Å². The van der Waals surface area contributed by atoms with Crippen LogP contribution < -0.4 is 16.5 Å². The van der Waals surface area contributed by atoms with Crippen molar-refractivity contribution < 1.29 is 31.2 Å². The molecule has 0 radical (unpaired) electrons. The van der Waals surface area contributed by atoms with Crippen LogP contribution in [0, 0.1) is 5.41 Å². The topological polar surface area (TPSA) is 178 Å². The number of aromatic nitrogens is 4. The van der Waals surface area contributed by atoms with Crippen LogP contribution in [0.3, 0.4) is 0 Å². The molecule has 0 aliphatic carbocycles. The number of carbonyl (C=O) groups excluding carboxylic acids is 1. The maximum Gasteiger partial charge on any atom is 0.501 e. The molecule has 12 nitrogen and oxygen atoms in total. The van der Waals surface area contributed by atoms with Crippen molar-refractivity contribution in [3.8, 4) is 11.1 Å². The number of tetrazole rings is 1. The largest absolute Gasteiger partial charge is 0.501 e. The Kier molecular flexibility index (Phi) is 7.68. The second-order valence-electron chi connectivity index (χ2n) is 9.25. The molecule has 0 saturated heterocycles. The van der Waals surface area contributed by atoms with Crippen molar-refractivity contribution in [2.45, 2.75) is 22.5 Å². The number of amidine groups is 1. The molecule has 2 heterocycles. The number of nitrogens with one attached hydrogen (secondary N) is 3. The van der Waals surface area contributed by atoms with E-state index in [4.69, 9.17) is 27.6 Å². The number of rotatable bonds is 8. The zero-order valence-corrected chi connectivity index (χ0v) is 23.2. The predicted molar refractivity (Wildman–Crippen MR) is 149 cm³/mol. The maximum atomic E-state index is 13.7. The molecule has 1 atom stereocenters. The van der Waals surface area contributed by atoms with Crippen LogP contribution >= 0.6 is 11.6 Å². The number of carbonyl (C=O) groups is 1. The van der Waals surface area contributed by atoms with E-state index in [0.29, 0.717) is 16.8 Å². The normalized spacial score (nSPS) is 16.8. The lowest BCUT2D eigenvalue weighted by molar-refractivity contribution is -0.140. The molecule has 0 fully saturated rings. The number of hydroxylamine groups is 1. The second kappa shape index (κ2) is 11.1. The van der Waals surface area contributed by atoms with Crippen molar-refractivity contribution in [1.29, 1.82) is 5.41 Å². The molecule has 5 N–H and O–H groups in total. The quantitative estimate of drug-likeness (QED) is 0.167. The number of nitrogens with zero attached hydrogens (tertiary/aromatic N) is 4. The molecular weight excluding hydrogens is 613 g/mol. The zero-order valence-electron chi connectivity index (χ0n) is 21.6. The zero-order chi connectivity index (χ0) is 31.0. The smallest absolute Gasteiger partial charge is 0.384 e. The molecule has 1 aromatic heterocycles. The van der Waals surface area contributed by atoms with Crippen LogP contribution in [0.2, 0.25) is 5.02 Å². The van der Waals surface area contributed by atoms with Crippen LogP contribution in [0.1, 0.15) is 11.1 Å². The molecule has 0 spiro atoms. The van der Waals surface area contributed by atoms with Gasteiger partial charge in [0.25, 0.3) is 15.7 Å². The van der Waals surface area contributed by atoms with Gasteiger partial charge in [-0.15, -0.1) is 5.10 Å². The average Bonchev–Trinajstić information content (AvgIpc) is 3.65. The molecule has 4 aromatic rings. The molecular formula is C26H20ClF3N8O4S. The highest BCUT2D eigenvalue weighted by Gasteiger charge is 2.48. The van der Waals surface area contributed by atoms with Gasteiger partial charge in [-0.3, -0.25) is 20.5 Å². The van der Waals surface area contributed by atoms with Gasteiger partial charge >= 0.3 is 5.51 Å². The molecule has 43 heavy (non-hydrogen) atoms. The monoisotopic (exact) mass is 632 g/mol. The minimum Gasteiger partial charge on any atom is -0.384 e. The summed E-state index contributed by atoms with van der Waals surface area (Å²) in [6.45, 7) is -0.187. The Hall–Kier alpha value is -4.80. The van der Waals surface area contributed by atoms with Gasteiger partial charge in [-0.1, -0.05) is 54.1 Å². The molecule has 0 saturated carbocycles. The number of halogens is 4. The standard InChI is InChI=1S/C26H20ClF3N8O4S/c27-19-11-15(18-6-1-2-7-22(18)43(40,41)26(28,29)30)8-9-20(19)34-24(39)25(13-38-14-33-36-37-38)12-21(35-42-25)16-4-3-5-17(10-16)23(31)32/h1-12,14,35H,13H2,(H3,31,32)(H,34,39). The van der Waals surface area contributed by atoms with Crippen LogP contribution in [0.5, 0.6) is 0 Å². The third-order valence-corrected chi connectivity index (χ3v) is 8.24. The Balaban J connectivity index is 1.48. The Morgan fingerprint density at radius 1 is 1.12 bits per heavy atom. The van der Waals surface area contributed by atoms with E-state index in [9.17, 15) is 26.4 Å². The van der Waals surface area contributed by atoms with Crippen LogP contribution in [0.25, 0.3) is 16.8 Å². The third kappa shape index (κ3) is 5.79. The summed E-state index contributed by atoms with van der Waals surface area (Å²) >= 11 is 6.42. The third-order valence-electron chi connectivity index (χ3n) is 6.39. The number of sulfone groups is 1. The lowest BCUT2D eigenvalue weighted by Gasteiger charge is -2.24. The summed E-state index contributed by atoms with van der Waals surface area (Å²) in [4.78, 5) is 18.5. The SMILES string of the molecule is N=C(N)c1cccc(C2=CC(Cn3cnnn3)(C(=O)Nc3ccc(-c4ccccc4S(=O)(=O)C(F)(F)F)cc3Cl)ON2)c1. The number of nitrogen functional groups attached to an aromatic ring is 1. The molecule has 3 aromatic carbocycles. The highest BCUT2D eigenvalue weighted by Crippen LogP contribution is 2.38. The highest BCUT2D eigenvalue weighted by atomic mass is 35.5. The Morgan fingerprint density at radius 3 is 2.56 bits per heavy atom. The molecule has 17 heteroatoms. The van der Waals surface area contributed by atoms with E-state index in [2.05, 4.69) is 26.3 Å². The van der Waals surface area contributed by atoms with E-state index in [1.165, 1.54) is 53.5 Å². The Morgan fingerprint density at radius 2 is 1.88 bits per heavy atom. The van der Waals surface area contributed by atoms with E-state index >= 15 is 0 Å². The predicted octanol–water partition coefficient (Wildman–Crippen LogP) is 3.52. The molecule has 0 bridgehead atoms. The summed E-state index contributed by atoms with van der Waals surface area (Å²) in [5.74, 6) is -0.876. The first-order chi connectivity index (χ1) is 20.3. The number of alkyl halides is 3. The van der Waals surface area contributed by atoms with Gasteiger partial charge in [0, 0.05) is 16.7 Å². The van der Waals surface area contributed by atoms with Crippen LogP contribution in [0.4, 0.5) is 18.9 Å². The number of nitrogens with two attached hydrogens (primary N) is 1. The van der Waals surface area contributed by atoms with Gasteiger partial charge < -0.3 is 11.1 Å². The van der Waals surface area contributed by atoms with Gasteiger partial charge in [-0.05, 0) is 46.3 Å². The van der Waals surface area contributed by atoms with Crippen molar-refractivity contribution in [2.24, 2.45) is 5.73 Å². The molecule has 222 valence electrons. The summed E-state index contributed by atoms with van der Waals surface area (Å²) in [5, 5.41) is 21.2. The number of hydrogen-bond acceptors (Lipinski definition) is 9. The van der Waals surface area contributed by atoms with Crippen LogP contribution in [0.15, 0.2) is 84.0 Å². The van der Waals surface area contributed by atoms with Gasteiger partial charge in [-0.2, -0.15) is 13.2 Å². The maximum absolute atomic E-state index is 13.7. The highest BCUT2D eigenvalue weighted by molar-refractivity contribution is 7.92. The Bertz CT molecular complexity index is 1870. The lowest BCUT2D eigenvalue weighted by atomic mass is 9.98. The van der Waals surface area contributed by atoms with Crippen LogP contribution in [-0.4, -0.2) is 51.5 Å². The molecule has 1 amide bonds. The van der Waals surface area contributed by atoms with E-state index in [1.54, 1.807) is 24.3 Å². The summed E-state index contributed by atoms with van der Waals surface area (Å²) in [7, 11) is -5.66. The van der Waals surface area contributed by atoms with Crippen molar-refractivity contribution in [2.75, 3.05) is 5.32 Å². The fraction of sp³-hybridized carbons (Fsp3) is 0.115. The molecule has 1 aliphatic rings. The van der Waals surface area contributed by atoms with Crippen molar-refractivity contribution >= 4 is 44.6 Å². The number of amides is 1. The fourth-order valence-corrected chi connectivity index (χ4v) is 5.48. The van der Waals surface area contributed by atoms with E-state index in [-0.39, 0.29) is 34.2 Å². The van der Waals surface area contributed by atoms with Gasteiger partial charge in [0.15, 0.2) is 0 Å². The summed E-state index contributed by atoms with van der Waals surface area (Å²) in [5.41, 5.74) is 2.37. The molecule has 1 aliphatic heterocycles. The first-order valence-corrected chi connectivity index (χ1v) is 14.0. The number of anilines is 1. The van der Waals surface area contributed by atoms with Gasteiger partial charge in [0.1, 0.15) is 12.2 Å². The van der Waals surface area contributed by atoms with Gasteiger partial charge in [0.2, 0.25) is 5.60 Å². The van der Waals surface area contributed by atoms with Crippen molar-refractivity contribution in [3.05, 3.63) is 95.3 Å². The Labute approximate surface area is 246 Å². The summed E-state index contributed by atoms with van der Waals surface area (Å²) in [6.07, 6.45) is 2.76. The van der Waals surface area contributed by atoms with E-state index in [0.717, 1.165) is 6.07 Å². The van der Waals surface area contributed by atoms with Crippen molar-refractivity contribution in [1.82, 2.24) is 25.7 Å². The van der Waals surface area contributed by atoms with Gasteiger partial charge in [0.05, 0.1) is 27.8 Å². The van der Waals surface area contributed by atoms with E-state index < -0.39 is 31.7 Å². The number of hydrogen-bond donors (Lipinski definition) is 4. The molecule has 5 rings (SSSR count). The van der Waals surface area contributed by atoms with Crippen LogP contribution in [-0.2, 0) is 26.0 Å². The first kappa shape index (κ1) is 29.7. The number of benzene rings is 3. The molecule has 1 unspecified atom stereocenters.